The van der Waals surface area contributed by atoms with Crippen LogP contribution in [0.5, 0.6) is 5.88 Å². The monoisotopic (exact) mass is 220 g/mol. The summed E-state index contributed by atoms with van der Waals surface area (Å²) in [5, 5.41) is 3.50. The third kappa shape index (κ3) is 2.53. The van der Waals surface area contributed by atoms with E-state index in [1.54, 1.807) is 13.3 Å². The molecule has 1 saturated carbocycles. The first-order chi connectivity index (χ1) is 7.73. The van der Waals surface area contributed by atoms with Gasteiger partial charge in [0.05, 0.1) is 7.11 Å². The van der Waals surface area contributed by atoms with Crippen LogP contribution in [0.3, 0.4) is 0 Å². The van der Waals surface area contributed by atoms with Gasteiger partial charge in [-0.1, -0.05) is 19.4 Å². The minimum atomic E-state index is 0.523. The third-order valence-electron chi connectivity index (χ3n) is 3.47. The summed E-state index contributed by atoms with van der Waals surface area (Å²) in [4.78, 5) is 4.18. The standard InChI is InChI=1S/C13H20N2O/c1-13(6-4-7-13)10-14-9-11-5-3-8-15-12(11)16-2/h3,5,8,14H,4,6-7,9-10H2,1-2H3. The van der Waals surface area contributed by atoms with Crippen LogP contribution in [-0.4, -0.2) is 18.6 Å². The van der Waals surface area contributed by atoms with Crippen LogP contribution < -0.4 is 10.1 Å². The number of pyridine rings is 1. The topological polar surface area (TPSA) is 34.1 Å². The number of hydrogen-bond acceptors (Lipinski definition) is 3. The number of ether oxygens (including phenoxy) is 1. The van der Waals surface area contributed by atoms with Gasteiger partial charge in [0, 0.05) is 24.8 Å². The molecule has 0 bridgehead atoms. The maximum absolute atomic E-state index is 5.22. The molecule has 1 aliphatic rings. The second kappa shape index (κ2) is 4.83. The Labute approximate surface area is 97.2 Å². The molecule has 3 heteroatoms. The molecule has 1 heterocycles. The molecule has 0 atom stereocenters. The first kappa shape index (κ1) is 11.4. The highest BCUT2D eigenvalue weighted by Crippen LogP contribution is 2.39. The first-order valence-electron chi connectivity index (χ1n) is 5.92. The zero-order valence-corrected chi connectivity index (χ0v) is 10.1. The van der Waals surface area contributed by atoms with Crippen molar-refractivity contribution in [3.63, 3.8) is 0 Å². The van der Waals surface area contributed by atoms with E-state index in [0.29, 0.717) is 5.41 Å². The van der Waals surface area contributed by atoms with Crippen molar-refractivity contribution in [3.8, 4) is 5.88 Å². The van der Waals surface area contributed by atoms with Crippen LogP contribution in [0.1, 0.15) is 31.7 Å². The lowest BCUT2D eigenvalue weighted by atomic mass is 9.70. The number of aromatic nitrogens is 1. The second-order valence-corrected chi connectivity index (χ2v) is 4.94. The maximum atomic E-state index is 5.22. The summed E-state index contributed by atoms with van der Waals surface area (Å²) in [5.41, 5.74) is 1.66. The number of rotatable bonds is 5. The molecule has 1 N–H and O–H groups in total. The Bertz CT molecular complexity index is 348. The van der Waals surface area contributed by atoms with Crippen molar-refractivity contribution >= 4 is 0 Å². The van der Waals surface area contributed by atoms with Crippen molar-refractivity contribution < 1.29 is 4.74 Å². The minimum absolute atomic E-state index is 0.523. The molecule has 0 spiro atoms. The van der Waals surface area contributed by atoms with Gasteiger partial charge < -0.3 is 10.1 Å². The molecular formula is C13H20N2O. The number of nitrogens with one attached hydrogen (secondary N) is 1. The van der Waals surface area contributed by atoms with Gasteiger partial charge in [-0.3, -0.25) is 0 Å². The quantitative estimate of drug-likeness (QED) is 0.827. The molecule has 88 valence electrons. The lowest BCUT2D eigenvalue weighted by Crippen LogP contribution is -2.37. The lowest BCUT2D eigenvalue weighted by Gasteiger charge is -2.38. The van der Waals surface area contributed by atoms with Crippen molar-refractivity contribution in [1.82, 2.24) is 10.3 Å². The van der Waals surface area contributed by atoms with Crippen molar-refractivity contribution in [2.45, 2.75) is 32.7 Å². The van der Waals surface area contributed by atoms with Crippen molar-refractivity contribution in [3.05, 3.63) is 23.9 Å². The first-order valence-corrected chi connectivity index (χ1v) is 5.92. The Kier molecular flexibility index (Phi) is 3.44. The van der Waals surface area contributed by atoms with Gasteiger partial charge in [0.15, 0.2) is 0 Å². The molecular weight excluding hydrogens is 200 g/mol. The van der Waals surface area contributed by atoms with Crippen LogP contribution in [0.4, 0.5) is 0 Å². The van der Waals surface area contributed by atoms with Gasteiger partial charge in [0.2, 0.25) is 5.88 Å². The van der Waals surface area contributed by atoms with Crippen LogP contribution in [0.15, 0.2) is 18.3 Å². The molecule has 1 aromatic heterocycles. The molecule has 0 unspecified atom stereocenters. The van der Waals surface area contributed by atoms with Gasteiger partial charge in [-0.2, -0.15) is 0 Å². The molecule has 0 saturated heterocycles. The van der Waals surface area contributed by atoms with Gasteiger partial charge >= 0.3 is 0 Å². The molecule has 1 aliphatic carbocycles. The highest BCUT2D eigenvalue weighted by molar-refractivity contribution is 5.25. The van der Waals surface area contributed by atoms with Gasteiger partial charge in [0.1, 0.15) is 0 Å². The van der Waals surface area contributed by atoms with E-state index in [4.69, 9.17) is 4.74 Å². The molecule has 0 amide bonds. The summed E-state index contributed by atoms with van der Waals surface area (Å²) >= 11 is 0. The van der Waals surface area contributed by atoms with Crippen LogP contribution in [0.25, 0.3) is 0 Å². The summed E-state index contributed by atoms with van der Waals surface area (Å²) in [6.45, 7) is 4.28. The smallest absolute Gasteiger partial charge is 0.217 e. The molecule has 0 aromatic carbocycles. The predicted molar refractivity (Wildman–Crippen MR) is 64.5 cm³/mol. The number of nitrogens with zero attached hydrogens (tertiary/aromatic N) is 1. The average molecular weight is 220 g/mol. The molecule has 2 rings (SSSR count). The Morgan fingerprint density at radius 3 is 2.94 bits per heavy atom. The van der Waals surface area contributed by atoms with Crippen LogP contribution in [0, 0.1) is 5.41 Å². The SMILES string of the molecule is COc1ncccc1CNCC1(C)CCC1. The van der Waals surface area contributed by atoms with E-state index < -0.39 is 0 Å². The van der Waals surface area contributed by atoms with Crippen LogP contribution in [-0.2, 0) is 6.54 Å². The summed E-state index contributed by atoms with van der Waals surface area (Å²) in [6, 6.07) is 4.01. The minimum Gasteiger partial charge on any atom is -0.481 e. The van der Waals surface area contributed by atoms with Crippen LogP contribution >= 0.6 is 0 Å². The van der Waals surface area contributed by atoms with Crippen molar-refractivity contribution in [1.29, 1.82) is 0 Å². The Balaban J connectivity index is 1.84. The molecule has 3 nitrogen and oxygen atoms in total. The average Bonchev–Trinajstić information content (AvgIpc) is 2.27. The normalized spacial score (nSPS) is 17.9. The Morgan fingerprint density at radius 2 is 2.31 bits per heavy atom. The van der Waals surface area contributed by atoms with Gasteiger partial charge in [-0.25, -0.2) is 4.98 Å². The van der Waals surface area contributed by atoms with E-state index >= 15 is 0 Å². The lowest BCUT2D eigenvalue weighted by molar-refractivity contribution is 0.156. The van der Waals surface area contributed by atoms with E-state index in [-0.39, 0.29) is 0 Å². The van der Waals surface area contributed by atoms with Crippen molar-refractivity contribution in [2.24, 2.45) is 5.41 Å². The summed E-state index contributed by atoms with van der Waals surface area (Å²) in [6.07, 6.45) is 5.85. The fourth-order valence-electron chi connectivity index (χ4n) is 2.20. The zero-order chi connectivity index (χ0) is 11.4. The predicted octanol–water partition coefficient (Wildman–Crippen LogP) is 2.37. The summed E-state index contributed by atoms with van der Waals surface area (Å²) in [7, 11) is 1.67. The number of methoxy groups -OCH3 is 1. The molecule has 0 radical (unpaired) electrons. The fourth-order valence-corrected chi connectivity index (χ4v) is 2.20. The largest absolute Gasteiger partial charge is 0.481 e. The van der Waals surface area contributed by atoms with E-state index in [2.05, 4.69) is 23.3 Å². The fraction of sp³-hybridized carbons (Fsp3) is 0.615. The molecule has 1 fully saturated rings. The highest BCUT2D eigenvalue weighted by Gasteiger charge is 2.30. The molecule has 16 heavy (non-hydrogen) atoms. The summed E-state index contributed by atoms with van der Waals surface area (Å²) < 4.78 is 5.22. The highest BCUT2D eigenvalue weighted by atomic mass is 16.5. The van der Waals surface area contributed by atoms with E-state index in [9.17, 15) is 0 Å². The molecule has 1 aromatic rings. The third-order valence-corrected chi connectivity index (χ3v) is 3.47. The van der Waals surface area contributed by atoms with E-state index in [1.165, 1.54) is 19.3 Å². The molecule has 0 aliphatic heterocycles. The van der Waals surface area contributed by atoms with Gasteiger partial charge in [-0.05, 0) is 24.3 Å². The number of hydrogen-bond donors (Lipinski definition) is 1. The van der Waals surface area contributed by atoms with Gasteiger partial charge in [0.25, 0.3) is 0 Å². The zero-order valence-electron chi connectivity index (χ0n) is 10.1. The summed E-state index contributed by atoms with van der Waals surface area (Å²) in [5.74, 6) is 0.730. The van der Waals surface area contributed by atoms with Gasteiger partial charge in [-0.15, -0.1) is 0 Å². The van der Waals surface area contributed by atoms with Crippen LogP contribution in [0.2, 0.25) is 0 Å². The van der Waals surface area contributed by atoms with E-state index in [1.807, 2.05) is 6.07 Å². The Morgan fingerprint density at radius 1 is 1.50 bits per heavy atom. The van der Waals surface area contributed by atoms with E-state index in [0.717, 1.165) is 24.5 Å². The van der Waals surface area contributed by atoms with Crippen molar-refractivity contribution in [2.75, 3.05) is 13.7 Å². The second-order valence-electron chi connectivity index (χ2n) is 4.94. The Hall–Kier alpha value is -1.09. The maximum Gasteiger partial charge on any atom is 0.217 e.